The van der Waals surface area contributed by atoms with Gasteiger partial charge in [-0.25, -0.2) is 0 Å². The zero-order valence-electron chi connectivity index (χ0n) is 20.0. The molecule has 4 rings (SSSR count). The Labute approximate surface area is 228 Å². The zero-order chi connectivity index (χ0) is 26.4. The highest BCUT2D eigenvalue weighted by Crippen LogP contribution is 2.42. The number of benzene rings is 2. The summed E-state index contributed by atoms with van der Waals surface area (Å²) in [5.74, 6) is -0.577. The van der Waals surface area contributed by atoms with E-state index in [1.54, 1.807) is 49.4 Å². The third kappa shape index (κ3) is 6.17. The highest BCUT2D eigenvalue weighted by Gasteiger charge is 2.35. The van der Waals surface area contributed by atoms with Crippen molar-refractivity contribution in [2.24, 2.45) is 0 Å². The molecule has 0 spiro atoms. The number of nitriles is 1. The quantitative estimate of drug-likeness (QED) is 0.312. The number of anilines is 2. The number of hydrogen-bond acceptors (Lipinski definition) is 7. The van der Waals surface area contributed by atoms with Crippen LogP contribution in [0.15, 0.2) is 87.9 Å². The largest absolute Gasteiger partial charge is 0.495 e. The van der Waals surface area contributed by atoms with Gasteiger partial charge in [0.15, 0.2) is 0 Å². The summed E-state index contributed by atoms with van der Waals surface area (Å²) < 4.78 is 5.37. The van der Waals surface area contributed by atoms with Crippen molar-refractivity contribution in [1.29, 1.82) is 5.26 Å². The minimum atomic E-state index is -0.584. The van der Waals surface area contributed by atoms with Crippen LogP contribution in [0, 0.1) is 11.3 Å². The molecule has 0 bridgehead atoms. The summed E-state index contributed by atoms with van der Waals surface area (Å²) in [6, 6.07) is 20.1. The molecular weight excluding hydrogens is 528 g/mol. The molecule has 1 aliphatic rings. The van der Waals surface area contributed by atoms with Gasteiger partial charge in [0.2, 0.25) is 5.91 Å². The number of carbonyl (C=O) groups excluding carboxylic acids is 2. The molecule has 0 saturated carbocycles. The smallest absolute Gasteiger partial charge is 0.254 e. The van der Waals surface area contributed by atoms with Crippen LogP contribution in [-0.4, -0.2) is 24.7 Å². The number of dihydropyridines is 1. The first kappa shape index (κ1) is 26.4. The van der Waals surface area contributed by atoms with Gasteiger partial charge >= 0.3 is 0 Å². The molecule has 2 heterocycles. The molecule has 1 unspecified atom stereocenters. The van der Waals surface area contributed by atoms with Gasteiger partial charge in [-0.15, -0.1) is 11.3 Å². The molecule has 0 saturated heterocycles. The first-order chi connectivity index (χ1) is 17.9. The minimum absolute atomic E-state index is 0.0627. The van der Waals surface area contributed by atoms with Gasteiger partial charge in [-0.05, 0) is 48.7 Å². The van der Waals surface area contributed by atoms with E-state index in [2.05, 4.69) is 22.0 Å². The number of hydrogen-bond donors (Lipinski definition) is 3. The Morgan fingerprint density at radius 2 is 1.97 bits per heavy atom. The van der Waals surface area contributed by atoms with E-state index in [-0.39, 0.29) is 17.6 Å². The average Bonchev–Trinajstić information content (AvgIpc) is 3.42. The topological polar surface area (TPSA) is 103 Å². The zero-order valence-corrected chi connectivity index (χ0v) is 22.4. The van der Waals surface area contributed by atoms with Gasteiger partial charge in [0.1, 0.15) is 5.75 Å². The molecule has 10 heteroatoms. The second-order valence-electron chi connectivity index (χ2n) is 7.97. The summed E-state index contributed by atoms with van der Waals surface area (Å²) in [6.07, 6.45) is 0. The third-order valence-electron chi connectivity index (χ3n) is 5.53. The maximum Gasteiger partial charge on any atom is 0.254 e. The molecule has 37 heavy (non-hydrogen) atoms. The van der Waals surface area contributed by atoms with Gasteiger partial charge in [-0.2, -0.15) is 5.26 Å². The van der Waals surface area contributed by atoms with Crippen LogP contribution in [0.2, 0.25) is 5.02 Å². The van der Waals surface area contributed by atoms with Gasteiger partial charge in [-0.1, -0.05) is 47.6 Å². The average molecular weight is 551 g/mol. The van der Waals surface area contributed by atoms with Crippen LogP contribution in [0.1, 0.15) is 17.7 Å². The number of nitrogens with one attached hydrogen (secondary N) is 3. The van der Waals surface area contributed by atoms with Crippen LogP contribution in [-0.2, 0) is 9.59 Å². The molecule has 0 fully saturated rings. The number of rotatable bonds is 8. The number of allylic oxidation sites excluding steroid dienone is 2. The van der Waals surface area contributed by atoms with Crippen molar-refractivity contribution in [1.82, 2.24) is 5.32 Å². The van der Waals surface area contributed by atoms with E-state index in [4.69, 9.17) is 16.3 Å². The molecule has 0 aliphatic carbocycles. The van der Waals surface area contributed by atoms with Crippen molar-refractivity contribution in [3.05, 3.63) is 97.8 Å². The fourth-order valence-corrected chi connectivity index (χ4v) is 5.83. The summed E-state index contributed by atoms with van der Waals surface area (Å²) in [5.41, 5.74) is 2.52. The Hall–Kier alpha value is -3.71. The second-order valence-corrected chi connectivity index (χ2v) is 10.4. The lowest BCUT2D eigenvalue weighted by molar-refractivity contribution is -0.114. The molecule has 1 atom stereocenters. The molecule has 7 nitrogen and oxygen atoms in total. The summed E-state index contributed by atoms with van der Waals surface area (Å²) in [6.45, 7) is 1.79. The van der Waals surface area contributed by atoms with Gasteiger partial charge in [-0.3, -0.25) is 9.59 Å². The van der Waals surface area contributed by atoms with Gasteiger partial charge in [0.05, 0.1) is 41.1 Å². The van der Waals surface area contributed by atoms with Crippen molar-refractivity contribution in [2.75, 3.05) is 23.5 Å². The SMILES string of the molecule is COc1ccccc1NC(=O)C1=C(C)NC(SCC(=O)Nc2cccc(Cl)c2)=C(C#N)C1c1cccs1. The number of halogens is 1. The predicted molar refractivity (Wildman–Crippen MR) is 150 cm³/mol. The summed E-state index contributed by atoms with van der Waals surface area (Å²) in [5, 5.41) is 22.1. The highest BCUT2D eigenvalue weighted by atomic mass is 35.5. The Bertz CT molecular complexity index is 1430. The normalized spacial score (nSPS) is 15.0. The van der Waals surface area contributed by atoms with E-state index in [0.717, 1.165) is 4.88 Å². The van der Waals surface area contributed by atoms with Crippen molar-refractivity contribution in [2.45, 2.75) is 12.8 Å². The van der Waals surface area contributed by atoms with Crippen LogP contribution < -0.4 is 20.7 Å². The second kappa shape index (κ2) is 12.0. The first-order valence-electron chi connectivity index (χ1n) is 11.2. The molecule has 2 aromatic carbocycles. The number of methoxy groups -OCH3 is 1. The monoisotopic (exact) mass is 550 g/mol. The van der Waals surface area contributed by atoms with Crippen molar-refractivity contribution >= 4 is 57.9 Å². The Balaban J connectivity index is 1.59. The number of thioether (sulfide) groups is 1. The molecule has 0 radical (unpaired) electrons. The molecular formula is C27H23ClN4O3S2. The number of nitrogens with zero attached hydrogens (tertiary/aromatic N) is 1. The lowest BCUT2D eigenvalue weighted by Gasteiger charge is -2.29. The minimum Gasteiger partial charge on any atom is -0.495 e. The lowest BCUT2D eigenvalue weighted by atomic mass is 9.86. The summed E-state index contributed by atoms with van der Waals surface area (Å²) >= 11 is 8.67. The Morgan fingerprint density at radius 3 is 2.68 bits per heavy atom. The van der Waals surface area contributed by atoms with Crippen LogP contribution in [0.3, 0.4) is 0 Å². The van der Waals surface area contributed by atoms with E-state index >= 15 is 0 Å². The van der Waals surface area contributed by atoms with Gasteiger partial charge in [0, 0.05) is 26.9 Å². The molecule has 3 N–H and O–H groups in total. The van der Waals surface area contributed by atoms with Crippen LogP contribution in [0.4, 0.5) is 11.4 Å². The van der Waals surface area contributed by atoms with E-state index in [1.165, 1.54) is 30.2 Å². The van der Waals surface area contributed by atoms with E-state index in [1.807, 2.05) is 23.6 Å². The maximum absolute atomic E-state index is 13.5. The first-order valence-corrected chi connectivity index (χ1v) is 13.4. The number of para-hydroxylation sites is 2. The van der Waals surface area contributed by atoms with Gasteiger partial charge in [0.25, 0.3) is 5.91 Å². The number of amides is 2. The number of carbonyl (C=O) groups is 2. The van der Waals surface area contributed by atoms with Crippen molar-refractivity contribution in [3.63, 3.8) is 0 Å². The van der Waals surface area contributed by atoms with Crippen LogP contribution in [0.25, 0.3) is 0 Å². The molecule has 1 aliphatic heterocycles. The molecule has 1 aromatic heterocycles. The lowest BCUT2D eigenvalue weighted by Crippen LogP contribution is -2.31. The maximum atomic E-state index is 13.5. The fraction of sp³-hybridized carbons (Fsp3) is 0.148. The molecule has 188 valence electrons. The van der Waals surface area contributed by atoms with Crippen molar-refractivity contribution in [3.8, 4) is 11.8 Å². The third-order valence-corrected chi connectivity index (χ3v) is 7.72. The van der Waals surface area contributed by atoms with E-state index in [0.29, 0.717) is 44.0 Å². The van der Waals surface area contributed by atoms with E-state index < -0.39 is 5.92 Å². The molecule has 3 aromatic rings. The Kier molecular flexibility index (Phi) is 8.56. The van der Waals surface area contributed by atoms with E-state index in [9.17, 15) is 14.9 Å². The van der Waals surface area contributed by atoms with Crippen molar-refractivity contribution < 1.29 is 14.3 Å². The number of ether oxygens (including phenoxy) is 1. The number of thiophene rings is 1. The highest BCUT2D eigenvalue weighted by molar-refractivity contribution is 8.03. The standard InChI is InChI=1S/C27H23ClN4O3S2/c1-16-24(26(34)32-20-9-3-4-10-21(20)35-2)25(22-11-6-12-36-22)19(14-29)27(30-16)37-15-23(33)31-18-8-5-7-17(28)13-18/h3-13,25,30H,15H2,1-2H3,(H,31,33)(H,32,34). The summed E-state index contributed by atoms with van der Waals surface area (Å²) in [4.78, 5) is 27.0. The fourth-order valence-electron chi connectivity index (χ4n) is 3.91. The Morgan fingerprint density at radius 1 is 1.16 bits per heavy atom. The predicted octanol–water partition coefficient (Wildman–Crippen LogP) is 6.12. The summed E-state index contributed by atoms with van der Waals surface area (Å²) in [7, 11) is 1.54. The van der Waals surface area contributed by atoms with Crippen LogP contribution in [0.5, 0.6) is 5.75 Å². The molecule has 2 amide bonds. The van der Waals surface area contributed by atoms with Gasteiger partial charge < -0.3 is 20.7 Å². The van der Waals surface area contributed by atoms with Crippen LogP contribution >= 0.6 is 34.7 Å².